The van der Waals surface area contributed by atoms with Gasteiger partial charge >= 0.3 is 0 Å². The zero-order valence-electron chi connectivity index (χ0n) is 20.8. The normalized spacial score (nSPS) is 10.9. The molecule has 0 unspecified atom stereocenters. The van der Waals surface area contributed by atoms with Crippen molar-refractivity contribution in [2.45, 2.75) is 20.0 Å². The monoisotopic (exact) mass is 559 g/mol. The number of anilines is 1. The Hall–Kier alpha value is -4.40. The molecule has 10 heteroatoms. The van der Waals surface area contributed by atoms with E-state index >= 15 is 0 Å². The van der Waals surface area contributed by atoms with E-state index < -0.39 is 5.91 Å². The number of phenols is 2. The van der Waals surface area contributed by atoms with Crippen molar-refractivity contribution in [1.82, 2.24) is 19.5 Å². The first-order valence-electron chi connectivity index (χ1n) is 11.9. The molecule has 0 saturated heterocycles. The molecule has 0 fully saturated rings. The average molecular weight is 560 g/mol. The van der Waals surface area contributed by atoms with Gasteiger partial charge in [-0.1, -0.05) is 48.0 Å². The number of carbonyl (C=O) groups excluding carboxylic acids is 1. The molecule has 0 radical (unpaired) electrons. The molecule has 5 aromatic rings. The van der Waals surface area contributed by atoms with Gasteiger partial charge in [0.25, 0.3) is 5.91 Å². The second-order valence-corrected chi connectivity index (χ2v) is 9.73. The van der Waals surface area contributed by atoms with Gasteiger partial charge in [0.15, 0.2) is 0 Å². The number of nitrogens with zero attached hydrogens (tertiary/aromatic N) is 5. The topological polar surface area (TPSA) is 104 Å². The summed E-state index contributed by atoms with van der Waals surface area (Å²) in [7, 11) is 0. The first-order valence-corrected chi connectivity index (χ1v) is 12.7. The maximum Gasteiger partial charge on any atom is 0.262 e. The largest absolute Gasteiger partial charge is 0.507 e. The number of benzene rings is 3. The Labute approximate surface area is 234 Å². The minimum absolute atomic E-state index is 0.0325. The second-order valence-electron chi connectivity index (χ2n) is 8.98. The predicted molar refractivity (Wildman–Crippen MR) is 150 cm³/mol. The molecule has 3 aromatic carbocycles. The van der Waals surface area contributed by atoms with Crippen molar-refractivity contribution in [3.63, 3.8) is 0 Å². The molecule has 5 rings (SSSR count). The van der Waals surface area contributed by atoms with Gasteiger partial charge in [-0.25, -0.2) is 15.0 Å². The molecule has 8 nitrogen and oxygen atoms in total. The summed E-state index contributed by atoms with van der Waals surface area (Å²) in [5.74, 6) is -1.17. The van der Waals surface area contributed by atoms with Crippen molar-refractivity contribution in [3.8, 4) is 22.8 Å². The maximum absolute atomic E-state index is 13.8. The average Bonchev–Trinajstić information content (AvgIpc) is 3.44. The van der Waals surface area contributed by atoms with E-state index in [0.717, 1.165) is 28.3 Å². The smallest absolute Gasteiger partial charge is 0.262 e. The van der Waals surface area contributed by atoms with Gasteiger partial charge in [-0.05, 0) is 53.4 Å². The van der Waals surface area contributed by atoms with Gasteiger partial charge in [-0.3, -0.25) is 4.79 Å². The summed E-state index contributed by atoms with van der Waals surface area (Å²) >= 11 is 12.1. The molecular formula is C29H23Cl2N5O3. The Balaban J connectivity index is 1.51. The number of phenolic OH excluding ortho intramolecular Hbond substituents is 2. The summed E-state index contributed by atoms with van der Waals surface area (Å²) in [5, 5.41) is 20.5. The standard InChI is InChI=1S/C29H23Cl2N5O3/c1-18-14-33-29(31)34-27(18)21-5-7-22(8-6-21)36(28(39)23-12-24(30)26(38)13-25(23)37)16-20-4-2-3-19(11-20)15-35-10-9-32-17-35/h2-14,17,37-38H,15-16H2,1H3. The lowest BCUT2D eigenvalue weighted by Gasteiger charge is -2.24. The number of carbonyl (C=O) groups is 1. The fraction of sp³-hybridized carbons (Fsp3) is 0.103. The first-order chi connectivity index (χ1) is 18.8. The summed E-state index contributed by atoms with van der Waals surface area (Å²) in [6, 6.07) is 17.5. The summed E-state index contributed by atoms with van der Waals surface area (Å²) in [4.78, 5) is 27.8. The molecule has 1 amide bonds. The van der Waals surface area contributed by atoms with E-state index in [-0.39, 0.29) is 33.9 Å². The van der Waals surface area contributed by atoms with Crippen molar-refractivity contribution in [2.75, 3.05) is 4.90 Å². The van der Waals surface area contributed by atoms with Gasteiger partial charge < -0.3 is 19.7 Å². The van der Waals surface area contributed by atoms with Gasteiger partial charge in [-0.15, -0.1) is 0 Å². The van der Waals surface area contributed by atoms with Crippen LogP contribution >= 0.6 is 23.2 Å². The van der Waals surface area contributed by atoms with Gasteiger partial charge in [0.2, 0.25) is 5.28 Å². The highest BCUT2D eigenvalue weighted by Gasteiger charge is 2.23. The minimum atomic E-state index is -0.483. The highest BCUT2D eigenvalue weighted by molar-refractivity contribution is 6.32. The van der Waals surface area contributed by atoms with Crippen LogP contribution in [0.1, 0.15) is 27.0 Å². The molecule has 0 spiro atoms. The van der Waals surface area contributed by atoms with Crippen LogP contribution in [0.15, 0.2) is 85.6 Å². The lowest BCUT2D eigenvalue weighted by molar-refractivity contribution is 0.0982. The number of aromatic nitrogens is 4. The number of hydrogen-bond donors (Lipinski definition) is 2. The van der Waals surface area contributed by atoms with Gasteiger partial charge in [0.1, 0.15) is 11.5 Å². The van der Waals surface area contributed by atoms with Crippen LogP contribution in [-0.2, 0) is 13.1 Å². The number of halogens is 2. The molecule has 2 N–H and O–H groups in total. The number of aryl methyl sites for hydroxylation is 1. The number of amides is 1. The predicted octanol–water partition coefficient (Wildman–Crippen LogP) is 6.26. The van der Waals surface area contributed by atoms with Crippen molar-refractivity contribution >= 4 is 34.8 Å². The van der Waals surface area contributed by atoms with Crippen LogP contribution < -0.4 is 4.90 Å². The Morgan fingerprint density at radius 1 is 1.00 bits per heavy atom. The van der Waals surface area contributed by atoms with Crippen LogP contribution in [0.4, 0.5) is 5.69 Å². The third-order valence-electron chi connectivity index (χ3n) is 6.19. The third kappa shape index (κ3) is 5.87. The molecule has 0 aliphatic carbocycles. The summed E-state index contributed by atoms with van der Waals surface area (Å²) in [6.45, 7) is 2.74. The molecule has 0 bridgehead atoms. The van der Waals surface area contributed by atoms with E-state index in [1.165, 1.54) is 6.07 Å². The van der Waals surface area contributed by atoms with E-state index in [1.807, 2.05) is 54.1 Å². The van der Waals surface area contributed by atoms with E-state index in [9.17, 15) is 15.0 Å². The fourth-order valence-corrected chi connectivity index (χ4v) is 4.56. The molecule has 0 aliphatic heterocycles. The van der Waals surface area contributed by atoms with E-state index in [0.29, 0.717) is 17.9 Å². The minimum Gasteiger partial charge on any atom is -0.507 e. The molecule has 196 valence electrons. The lowest BCUT2D eigenvalue weighted by atomic mass is 10.1. The zero-order valence-corrected chi connectivity index (χ0v) is 22.3. The van der Waals surface area contributed by atoms with E-state index in [4.69, 9.17) is 23.2 Å². The molecule has 0 saturated carbocycles. The van der Waals surface area contributed by atoms with Crippen LogP contribution in [0.3, 0.4) is 0 Å². The molecule has 0 atom stereocenters. The third-order valence-corrected chi connectivity index (χ3v) is 6.68. The highest BCUT2D eigenvalue weighted by atomic mass is 35.5. The van der Waals surface area contributed by atoms with Crippen LogP contribution in [0, 0.1) is 6.92 Å². The molecule has 39 heavy (non-hydrogen) atoms. The number of rotatable bonds is 7. The number of aromatic hydroxyl groups is 2. The van der Waals surface area contributed by atoms with E-state index in [2.05, 4.69) is 15.0 Å². The SMILES string of the molecule is Cc1cnc(Cl)nc1-c1ccc(N(Cc2cccc(Cn3ccnc3)c2)C(=O)c2cc(Cl)c(O)cc2O)cc1. The van der Waals surface area contributed by atoms with Crippen LogP contribution in [0.2, 0.25) is 10.3 Å². The lowest BCUT2D eigenvalue weighted by Crippen LogP contribution is -2.30. The van der Waals surface area contributed by atoms with Crippen molar-refractivity contribution in [3.05, 3.63) is 118 Å². The Bertz CT molecular complexity index is 1640. The van der Waals surface area contributed by atoms with Crippen LogP contribution in [0.25, 0.3) is 11.3 Å². The number of hydrogen-bond acceptors (Lipinski definition) is 6. The maximum atomic E-state index is 13.8. The fourth-order valence-electron chi connectivity index (χ4n) is 4.26. The van der Waals surface area contributed by atoms with E-state index in [1.54, 1.807) is 35.8 Å². The Morgan fingerprint density at radius 2 is 1.77 bits per heavy atom. The summed E-state index contributed by atoms with van der Waals surface area (Å²) in [5.41, 5.74) is 4.84. The summed E-state index contributed by atoms with van der Waals surface area (Å²) in [6.07, 6.45) is 7.00. The van der Waals surface area contributed by atoms with Gasteiger partial charge in [0, 0.05) is 42.5 Å². The van der Waals surface area contributed by atoms with Gasteiger partial charge in [-0.2, -0.15) is 0 Å². The van der Waals surface area contributed by atoms with Crippen LogP contribution in [-0.4, -0.2) is 35.6 Å². The molecule has 2 heterocycles. The zero-order chi connectivity index (χ0) is 27.5. The Kier molecular flexibility index (Phi) is 7.49. The highest BCUT2D eigenvalue weighted by Crippen LogP contribution is 2.34. The Morgan fingerprint density at radius 3 is 2.51 bits per heavy atom. The summed E-state index contributed by atoms with van der Waals surface area (Å²) < 4.78 is 1.96. The second kappa shape index (κ2) is 11.1. The first kappa shape index (κ1) is 26.2. The van der Waals surface area contributed by atoms with Crippen molar-refractivity contribution in [2.24, 2.45) is 0 Å². The van der Waals surface area contributed by atoms with Crippen molar-refractivity contribution < 1.29 is 15.0 Å². The molecule has 2 aromatic heterocycles. The quantitative estimate of drug-likeness (QED) is 0.228. The van der Waals surface area contributed by atoms with Gasteiger partial charge in [0.05, 0.1) is 29.2 Å². The molecular weight excluding hydrogens is 537 g/mol. The number of imidazole rings is 1. The van der Waals surface area contributed by atoms with Crippen molar-refractivity contribution in [1.29, 1.82) is 0 Å². The molecule has 0 aliphatic rings. The van der Waals surface area contributed by atoms with Crippen LogP contribution in [0.5, 0.6) is 11.5 Å².